The van der Waals surface area contributed by atoms with Crippen LogP contribution in [0.1, 0.15) is 25.7 Å². The molecule has 0 fully saturated rings. The number of benzene rings is 1. The van der Waals surface area contributed by atoms with Crippen LogP contribution in [0.4, 0.5) is 5.69 Å². The second-order valence-corrected chi connectivity index (χ2v) is 6.15. The van der Waals surface area contributed by atoms with Gasteiger partial charge in [0.1, 0.15) is 5.82 Å². The number of nitrogens with two attached hydrogens (primary N) is 1. The van der Waals surface area contributed by atoms with Crippen molar-refractivity contribution < 1.29 is 0 Å². The van der Waals surface area contributed by atoms with Gasteiger partial charge in [-0.05, 0) is 48.8 Å². The smallest absolute Gasteiger partial charge is 0.166 e. The lowest BCUT2D eigenvalue weighted by atomic mass is 10.1. The van der Waals surface area contributed by atoms with Gasteiger partial charge in [0.2, 0.25) is 0 Å². The van der Waals surface area contributed by atoms with E-state index in [0.717, 1.165) is 26.2 Å². The third-order valence-corrected chi connectivity index (χ3v) is 3.83. The number of aromatic nitrogens is 3. The largest absolute Gasteiger partial charge is 0.397 e. The maximum atomic E-state index is 6.11. The van der Waals surface area contributed by atoms with Gasteiger partial charge in [-0.1, -0.05) is 15.9 Å². The summed E-state index contributed by atoms with van der Waals surface area (Å²) in [6, 6.07) is 4.16. The number of halogens is 2. The molecule has 0 radical (unpaired) electrons. The molecule has 2 aromatic rings. The molecule has 0 saturated carbocycles. The fraction of sp³-hybridized carbons (Fsp3) is 0.333. The van der Waals surface area contributed by atoms with Crippen LogP contribution in [0.15, 0.2) is 21.1 Å². The van der Waals surface area contributed by atoms with E-state index in [1.165, 1.54) is 0 Å². The van der Waals surface area contributed by atoms with E-state index in [-0.39, 0.29) is 6.04 Å². The highest BCUT2D eigenvalue weighted by molar-refractivity contribution is 9.11. The molecule has 0 aliphatic rings. The van der Waals surface area contributed by atoms with Gasteiger partial charge in [0.15, 0.2) is 5.82 Å². The van der Waals surface area contributed by atoms with Crippen molar-refractivity contribution in [3.8, 4) is 11.4 Å². The summed E-state index contributed by atoms with van der Waals surface area (Å²) in [6.45, 7) is 6.14. The highest BCUT2D eigenvalue weighted by Crippen LogP contribution is 2.35. The van der Waals surface area contributed by atoms with Crippen LogP contribution >= 0.6 is 31.9 Å². The summed E-state index contributed by atoms with van der Waals surface area (Å²) in [5.74, 6) is 1.68. The Hall–Kier alpha value is -0.880. The van der Waals surface area contributed by atoms with E-state index >= 15 is 0 Å². The minimum absolute atomic E-state index is 0.284. The fourth-order valence-electron chi connectivity index (χ4n) is 1.94. The second kappa shape index (κ2) is 5.01. The summed E-state index contributed by atoms with van der Waals surface area (Å²) in [7, 11) is 0. The zero-order valence-corrected chi connectivity index (χ0v) is 13.6. The fourth-order valence-corrected chi connectivity index (χ4v) is 3.17. The Bertz CT molecular complexity index is 590. The molecule has 0 unspecified atom stereocenters. The van der Waals surface area contributed by atoms with E-state index in [1.807, 2.05) is 19.1 Å². The van der Waals surface area contributed by atoms with E-state index in [1.54, 1.807) is 0 Å². The van der Waals surface area contributed by atoms with Gasteiger partial charge in [0.25, 0.3) is 0 Å². The van der Waals surface area contributed by atoms with Gasteiger partial charge in [-0.15, -0.1) is 10.2 Å². The van der Waals surface area contributed by atoms with Crippen LogP contribution in [0, 0.1) is 6.92 Å². The maximum absolute atomic E-state index is 6.11. The Labute approximate surface area is 123 Å². The number of hydrogen-bond acceptors (Lipinski definition) is 3. The number of rotatable bonds is 2. The van der Waals surface area contributed by atoms with Gasteiger partial charge in [-0.3, -0.25) is 0 Å². The Kier molecular flexibility index (Phi) is 3.77. The van der Waals surface area contributed by atoms with Crippen LogP contribution < -0.4 is 5.73 Å². The van der Waals surface area contributed by atoms with Crippen molar-refractivity contribution >= 4 is 37.5 Å². The highest BCUT2D eigenvalue weighted by atomic mass is 79.9. The average molecular weight is 374 g/mol. The molecule has 4 nitrogen and oxygen atoms in total. The van der Waals surface area contributed by atoms with Gasteiger partial charge < -0.3 is 10.3 Å². The highest BCUT2D eigenvalue weighted by Gasteiger charge is 2.17. The lowest BCUT2D eigenvalue weighted by Gasteiger charge is -2.14. The molecule has 0 aliphatic heterocycles. The molecule has 1 heterocycles. The predicted octanol–water partition coefficient (Wildman–Crippen LogP) is 3.94. The van der Waals surface area contributed by atoms with E-state index in [4.69, 9.17) is 5.73 Å². The maximum Gasteiger partial charge on any atom is 0.166 e. The first-order valence-corrected chi connectivity index (χ1v) is 7.16. The molecule has 0 aliphatic carbocycles. The van der Waals surface area contributed by atoms with Crippen molar-refractivity contribution in [1.82, 2.24) is 14.8 Å². The number of nitrogens with zero attached hydrogens (tertiary/aromatic N) is 3. The van der Waals surface area contributed by atoms with Crippen LogP contribution in [0.25, 0.3) is 11.4 Å². The minimum atomic E-state index is 0.284. The van der Waals surface area contributed by atoms with Gasteiger partial charge in [-0.2, -0.15) is 0 Å². The molecule has 1 aromatic carbocycles. The Morgan fingerprint density at radius 3 is 2.50 bits per heavy atom. The molecular formula is C12H14Br2N4. The van der Waals surface area contributed by atoms with Crippen molar-refractivity contribution in [3.63, 3.8) is 0 Å². The number of nitrogen functional groups attached to an aromatic ring is 1. The standard InChI is InChI=1S/C12H14Br2N4/c1-6(2)18-7(3)16-17-12(18)9-4-8(13)5-10(14)11(9)15/h4-6H,15H2,1-3H3. The SMILES string of the molecule is Cc1nnc(-c2cc(Br)cc(Br)c2N)n1C(C)C. The van der Waals surface area contributed by atoms with E-state index in [9.17, 15) is 0 Å². The number of hydrogen-bond donors (Lipinski definition) is 1. The number of anilines is 1. The van der Waals surface area contributed by atoms with Crippen molar-refractivity contribution in [2.24, 2.45) is 0 Å². The lowest BCUT2D eigenvalue weighted by molar-refractivity contribution is 0.588. The molecule has 2 N–H and O–H groups in total. The van der Waals surface area contributed by atoms with Crippen LogP contribution in [-0.4, -0.2) is 14.8 Å². The average Bonchev–Trinajstić information content (AvgIpc) is 2.65. The first-order valence-electron chi connectivity index (χ1n) is 5.58. The van der Waals surface area contributed by atoms with Gasteiger partial charge in [0, 0.05) is 20.6 Å². The third kappa shape index (κ3) is 2.31. The lowest BCUT2D eigenvalue weighted by Crippen LogP contribution is -2.06. The molecule has 0 bridgehead atoms. The predicted molar refractivity (Wildman–Crippen MR) is 80.4 cm³/mol. The number of aryl methyl sites for hydroxylation is 1. The van der Waals surface area contributed by atoms with Crippen LogP contribution in [0.3, 0.4) is 0 Å². The molecule has 0 saturated heterocycles. The van der Waals surface area contributed by atoms with Gasteiger partial charge >= 0.3 is 0 Å². The minimum Gasteiger partial charge on any atom is -0.397 e. The van der Waals surface area contributed by atoms with Crippen molar-refractivity contribution in [2.75, 3.05) is 5.73 Å². The van der Waals surface area contributed by atoms with E-state index in [0.29, 0.717) is 5.69 Å². The molecule has 0 amide bonds. The summed E-state index contributed by atoms with van der Waals surface area (Å²) in [5, 5.41) is 8.38. The first-order chi connectivity index (χ1) is 8.41. The Morgan fingerprint density at radius 2 is 1.89 bits per heavy atom. The summed E-state index contributed by atoms with van der Waals surface area (Å²) >= 11 is 6.92. The molecule has 96 valence electrons. The summed E-state index contributed by atoms with van der Waals surface area (Å²) in [6.07, 6.45) is 0. The van der Waals surface area contributed by atoms with E-state index < -0.39 is 0 Å². The van der Waals surface area contributed by atoms with Gasteiger partial charge in [0.05, 0.1) is 5.69 Å². The van der Waals surface area contributed by atoms with Crippen LogP contribution in [-0.2, 0) is 0 Å². The third-order valence-electron chi connectivity index (χ3n) is 2.72. The van der Waals surface area contributed by atoms with Gasteiger partial charge in [-0.25, -0.2) is 0 Å². The normalized spacial score (nSPS) is 11.2. The van der Waals surface area contributed by atoms with Crippen LogP contribution in [0.5, 0.6) is 0 Å². The molecule has 6 heteroatoms. The molecule has 2 rings (SSSR count). The summed E-state index contributed by atoms with van der Waals surface area (Å²) < 4.78 is 3.88. The van der Waals surface area contributed by atoms with Crippen molar-refractivity contribution in [1.29, 1.82) is 0 Å². The summed E-state index contributed by atoms with van der Waals surface area (Å²) in [5.41, 5.74) is 7.67. The topological polar surface area (TPSA) is 56.7 Å². The van der Waals surface area contributed by atoms with Crippen molar-refractivity contribution in [2.45, 2.75) is 26.8 Å². The van der Waals surface area contributed by atoms with Crippen molar-refractivity contribution in [3.05, 3.63) is 26.9 Å². The second-order valence-electron chi connectivity index (χ2n) is 4.38. The molecule has 0 atom stereocenters. The monoisotopic (exact) mass is 372 g/mol. The Morgan fingerprint density at radius 1 is 1.22 bits per heavy atom. The zero-order valence-electron chi connectivity index (χ0n) is 10.4. The molecule has 0 spiro atoms. The zero-order chi connectivity index (χ0) is 13.4. The molecule has 18 heavy (non-hydrogen) atoms. The first kappa shape index (κ1) is 13.5. The summed E-state index contributed by atoms with van der Waals surface area (Å²) in [4.78, 5) is 0. The Balaban J connectivity index is 2.70. The van der Waals surface area contributed by atoms with Crippen LogP contribution in [0.2, 0.25) is 0 Å². The molecule has 1 aromatic heterocycles. The quantitative estimate of drug-likeness (QED) is 0.811. The molecular weight excluding hydrogens is 360 g/mol. The van der Waals surface area contributed by atoms with E-state index in [2.05, 4.69) is 60.5 Å².